The minimum Gasteiger partial charge on any atom is -0.145 e. The van der Waals surface area contributed by atoms with Gasteiger partial charge >= 0.3 is 0 Å². The highest BCUT2D eigenvalue weighted by Crippen LogP contribution is 2.29. The Morgan fingerprint density at radius 1 is 1.06 bits per heavy atom. The minimum absolute atomic E-state index is 0.468. The molecule has 1 atom stereocenters. The second kappa shape index (κ2) is 6.36. The molecule has 0 saturated heterocycles. The van der Waals surface area contributed by atoms with Gasteiger partial charge in [-0.05, 0) is 37.0 Å². The van der Waals surface area contributed by atoms with Crippen LogP contribution in [-0.4, -0.2) is 0 Å². The number of thiophene rings is 1. The maximum absolute atomic E-state index is 3.77. The number of rotatable bonds is 5. The molecule has 1 heterocycles. The summed E-state index contributed by atoms with van der Waals surface area (Å²) in [6.45, 7) is 2.22. The van der Waals surface area contributed by atoms with E-state index in [0.717, 1.165) is 19.3 Å². The Hall–Kier alpha value is -0.600. The molecule has 1 unspecified atom stereocenters. The van der Waals surface area contributed by atoms with E-state index in [1.807, 2.05) is 11.3 Å². The summed E-state index contributed by atoms with van der Waals surface area (Å²) in [6, 6.07) is 15.2. The van der Waals surface area contributed by atoms with Gasteiger partial charge in [-0.1, -0.05) is 53.2 Å². The Kier molecular flexibility index (Phi) is 4.81. The summed E-state index contributed by atoms with van der Waals surface area (Å²) in [5.41, 5.74) is 1.37. The lowest BCUT2D eigenvalue weighted by Gasteiger charge is -2.08. The van der Waals surface area contributed by atoms with Gasteiger partial charge in [0.05, 0.1) is 0 Å². The van der Waals surface area contributed by atoms with E-state index >= 15 is 0 Å². The Morgan fingerprint density at radius 3 is 2.41 bits per heavy atom. The lowest BCUT2D eigenvalue weighted by molar-refractivity contribution is 0.823. The number of halogens is 1. The average molecular weight is 309 g/mol. The van der Waals surface area contributed by atoms with Crippen LogP contribution >= 0.6 is 27.3 Å². The van der Waals surface area contributed by atoms with Gasteiger partial charge in [0.25, 0.3) is 0 Å². The van der Waals surface area contributed by atoms with Gasteiger partial charge in [0, 0.05) is 14.6 Å². The number of hydrogen-bond donors (Lipinski definition) is 0. The molecule has 2 heteroatoms. The zero-order chi connectivity index (χ0) is 12.1. The molecular formula is C15H17BrS. The molecule has 0 spiro atoms. The topological polar surface area (TPSA) is 0 Å². The van der Waals surface area contributed by atoms with Gasteiger partial charge in [0.1, 0.15) is 0 Å². The molecule has 90 valence electrons. The van der Waals surface area contributed by atoms with Crippen LogP contribution in [0.2, 0.25) is 0 Å². The molecule has 2 rings (SSSR count). The maximum Gasteiger partial charge on any atom is 0.0398 e. The van der Waals surface area contributed by atoms with Crippen molar-refractivity contribution in [2.45, 2.75) is 31.0 Å². The van der Waals surface area contributed by atoms with E-state index in [-0.39, 0.29) is 0 Å². The molecule has 1 aromatic heterocycles. The lowest BCUT2D eigenvalue weighted by atomic mass is 10.1. The van der Waals surface area contributed by atoms with Gasteiger partial charge in [-0.25, -0.2) is 0 Å². The van der Waals surface area contributed by atoms with Crippen LogP contribution < -0.4 is 0 Å². The van der Waals surface area contributed by atoms with Crippen molar-refractivity contribution in [3.05, 3.63) is 57.8 Å². The summed E-state index contributed by atoms with van der Waals surface area (Å²) < 4.78 is 0. The maximum atomic E-state index is 3.77. The van der Waals surface area contributed by atoms with Gasteiger partial charge in [-0.2, -0.15) is 0 Å². The van der Waals surface area contributed by atoms with Crippen molar-refractivity contribution in [1.82, 2.24) is 0 Å². The van der Waals surface area contributed by atoms with Crippen molar-refractivity contribution in [1.29, 1.82) is 0 Å². The zero-order valence-electron chi connectivity index (χ0n) is 10.0. The van der Waals surface area contributed by atoms with Gasteiger partial charge < -0.3 is 0 Å². The summed E-state index contributed by atoms with van der Waals surface area (Å²) in [5.74, 6) is 0. The Morgan fingerprint density at radius 2 is 1.76 bits per heavy atom. The Labute approximate surface area is 116 Å². The predicted octanol–water partition coefficient (Wildman–Crippen LogP) is 5.38. The monoisotopic (exact) mass is 308 g/mol. The largest absolute Gasteiger partial charge is 0.145 e. The summed E-state index contributed by atoms with van der Waals surface area (Å²) in [6.07, 6.45) is 3.48. The van der Waals surface area contributed by atoms with Crippen LogP contribution in [0.15, 0.2) is 42.5 Å². The molecule has 0 radical (unpaired) electrons. The van der Waals surface area contributed by atoms with Crippen molar-refractivity contribution in [2.75, 3.05) is 0 Å². The summed E-state index contributed by atoms with van der Waals surface area (Å²) in [5, 5.41) is 0. The fourth-order valence-electron chi connectivity index (χ4n) is 1.84. The molecule has 0 aliphatic rings. The van der Waals surface area contributed by atoms with E-state index < -0.39 is 0 Å². The number of aryl methyl sites for hydroxylation is 2. The van der Waals surface area contributed by atoms with Gasteiger partial charge in [0.2, 0.25) is 0 Å². The highest BCUT2D eigenvalue weighted by atomic mass is 79.9. The number of hydrogen-bond acceptors (Lipinski definition) is 1. The second-order valence-corrected chi connectivity index (χ2v) is 6.50. The van der Waals surface area contributed by atoms with Crippen molar-refractivity contribution in [3.63, 3.8) is 0 Å². The van der Waals surface area contributed by atoms with Gasteiger partial charge in [-0.15, -0.1) is 11.3 Å². The van der Waals surface area contributed by atoms with Crippen LogP contribution in [0.1, 0.15) is 33.5 Å². The first kappa shape index (κ1) is 12.8. The van der Waals surface area contributed by atoms with Crippen LogP contribution in [0.3, 0.4) is 0 Å². The first-order chi connectivity index (χ1) is 8.29. The van der Waals surface area contributed by atoms with Crippen molar-refractivity contribution in [3.8, 4) is 0 Å². The highest BCUT2D eigenvalue weighted by Gasteiger charge is 2.07. The van der Waals surface area contributed by atoms with Crippen LogP contribution in [-0.2, 0) is 12.8 Å². The Balaban J connectivity index is 1.90. The molecule has 0 N–H and O–H groups in total. The molecule has 0 amide bonds. The Bertz CT molecular complexity index is 447. The standard InChI is InChI=1S/C15H17BrS/c1-2-13-8-9-14(17-13)10-11-15(16)12-6-4-3-5-7-12/h3-9,15H,2,10-11H2,1H3. The van der Waals surface area contributed by atoms with E-state index in [4.69, 9.17) is 0 Å². The third-order valence-corrected chi connectivity index (χ3v) is 5.15. The van der Waals surface area contributed by atoms with E-state index in [1.54, 1.807) is 0 Å². The second-order valence-electron chi connectivity index (χ2n) is 4.14. The molecule has 0 bridgehead atoms. The number of benzene rings is 1. The van der Waals surface area contributed by atoms with Gasteiger partial charge in [-0.3, -0.25) is 0 Å². The van der Waals surface area contributed by atoms with Crippen molar-refractivity contribution >= 4 is 27.3 Å². The van der Waals surface area contributed by atoms with Crippen molar-refractivity contribution < 1.29 is 0 Å². The average Bonchev–Trinajstić information content (AvgIpc) is 2.85. The fourth-order valence-corrected chi connectivity index (χ4v) is 3.35. The summed E-state index contributed by atoms with van der Waals surface area (Å²) in [4.78, 5) is 3.46. The summed E-state index contributed by atoms with van der Waals surface area (Å²) in [7, 11) is 0. The minimum atomic E-state index is 0.468. The lowest BCUT2D eigenvalue weighted by Crippen LogP contribution is -1.91. The first-order valence-electron chi connectivity index (χ1n) is 6.06. The quantitative estimate of drug-likeness (QED) is 0.651. The highest BCUT2D eigenvalue weighted by molar-refractivity contribution is 9.09. The molecule has 0 aliphatic carbocycles. The van der Waals surface area contributed by atoms with Crippen molar-refractivity contribution in [2.24, 2.45) is 0 Å². The van der Waals surface area contributed by atoms with Crippen LogP contribution in [0.25, 0.3) is 0 Å². The van der Waals surface area contributed by atoms with E-state index in [2.05, 4.69) is 65.3 Å². The molecule has 0 saturated carbocycles. The van der Waals surface area contributed by atoms with Crippen LogP contribution in [0.5, 0.6) is 0 Å². The fraction of sp³-hybridized carbons (Fsp3) is 0.333. The SMILES string of the molecule is CCc1ccc(CCC(Br)c2ccccc2)s1. The molecular weight excluding hydrogens is 292 g/mol. The molecule has 2 aromatic rings. The third-order valence-electron chi connectivity index (χ3n) is 2.87. The molecule has 1 aromatic carbocycles. The number of alkyl halides is 1. The predicted molar refractivity (Wildman–Crippen MR) is 80.1 cm³/mol. The van der Waals surface area contributed by atoms with Gasteiger partial charge in [0.15, 0.2) is 0 Å². The molecule has 17 heavy (non-hydrogen) atoms. The molecule has 0 aliphatic heterocycles. The van der Waals surface area contributed by atoms with Crippen LogP contribution in [0, 0.1) is 0 Å². The summed E-state index contributed by atoms with van der Waals surface area (Å²) >= 11 is 5.72. The molecule has 0 nitrogen and oxygen atoms in total. The normalized spacial score (nSPS) is 12.6. The zero-order valence-corrected chi connectivity index (χ0v) is 12.4. The first-order valence-corrected chi connectivity index (χ1v) is 7.79. The van der Waals surface area contributed by atoms with E-state index in [9.17, 15) is 0 Å². The smallest absolute Gasteiger partial charge is 0.0398 e. The van der Waals surface area contributed by atoms with Crippen LogP contribution in [0.4, 0.5) is 0 Å². The molecule has 0 fully saturated rings. The third kappa shape index (κ3) is 3.68. The van der Waals surface area contributed by atoms with E-state index in [0.29, 0.717) is 4.83 Å². The van der Waals surface area contributed by atoms with E-state index in [1.165, 1.54) is 15.3 Å².